The fourth-order valence-corrected chi connectivity index (χ4v) is 2.51. The summed E-state index contributed by atoms with van der Waals surface area (Å²) in [5, 5.41) is 2.87. The van der Waals surface area contributed by atoms with Crippen LogP contribution in [0.5, 0.6) is 0 Å². The Hall–Kier alpha value is -1.62. The number of amides is 1. The first-order valence-corrected chi connectivity index (χ1v) is 7.05. The number of nitrogens with zero attached hydrogens (tertiary/aromatic N) is 2. The molecule has 2 heterocycles. The largest absolute Gasteiger partial charge is 0.339 e. The minimum absolute atomic E-state index is 0.112. The number of carbonyl (C=O) groups is 1. The van der Waals surface area contributed by atoms with Crippen LogP contribution in [0.25, 0.3) is 0 Å². The number of hydrogen-bond acceptors (Lipinski definition) is 2. The van der Waals surface area contributed by atoms with E-state index in [0.717, 1.165) is 22.9 Å². The molecule has 0 saturated heterocycles. The van der Waals surface area contributed by atoms with E-state index in [2.05, 4.69) is 26.2 Å². The highest BCUT2D eigenvalue weighted by molar-refractivity contribution is 9.10. The Bertz CT molecular complexity index is 631. The first kappa shape index (κ1) is 12.4. The van der Waals surface area contributed by atoms with Crippen molar-refractivity contribution in [3.8, 4) is 0 Å². The van der Waals surface area contributed by atoms with E-state index in [1.807, 2.05) is 35.9 Å². The smallest absolute Gasteiger partial charge is 0.273 e. The highest BCUT2D eigenvalue weighted by Gasteiger charge is 2.27. The fraction of sp³-hybridized carbons (Fsp3) is 0.286. The number of aromatic nitrogens is 2. The van der Waals surface area contributed by atoms with Gasteiger partial charge in [0.15, 0.2) is 0 Å². The maximum Gasteiger partial charge on any atom is 0.273 e. The van der Waals surface area contributed by atoms with Gasteiger partial charge in [-0.2, -0.15) is 0 Å². The highest BCUT2D eigenvalue weighted by atomic mass is 79.9. The Labute approximate surface area is 120 Å². The Balaban J connectivity index is 1.86. The molecule has 0 aromatic carbocycles. The van der Waals surface area contributed by atoms with E-state index in [1.165, 1.54) is 0 Å². The summed E-state index contributed by atoms with van der Waals surface area (Å²) in [5.74, 6) is 0.506. The summed E-state index contributed by atoms with van der Waals surface area (Å²) in [4.78, 5) is 16.5. The zero-order chi connectivity index (χ0) is 13.4. The van der Waals surface area contributed by atoms with Gasteiger partial charge < -0.3 is 9.88 Å². The Kier molecular flexibility index (Phi) is 3.14. The molecular formula is C14H14BrN3O. The summed E-state index contributed by atoms with van der Waals surface area (Å²) in [7, 11) is 0. The van der Waals surface area contributed by atoms with Crippen molar-refractivity contribution in [3.05, 3.63) is 46.3 Å². The summed E-state index contributed by atoms with van der Waals surface area (Å²) in [5.41, 5.74) is 1.64. The molecule has 2 aromatic heterocycles. The van der Waals surface area contributed by atoms with Crippen molar-refractivity contribution in [3.63, 3.8) is 0 Å². The van der Waals surface area contributed by atoms with Crippen molar-refractivity contribution in [2.24, 2.45) is 0 Å². The van der Waals surface area contributed by atoms with Gasteiger partial charge in [0.25, 0.3) is 5.91 Å². The van der Waals surface area contributed by atoms with Crippen LogP contribution in [0.4, 0.5) is 5.82 Å². The van der Waals surface area contributed by atoms with Crippen LogP contribution in [-0.4, -0.2) is 15.5 Å². The van der Waals surface area contributed by atoms with Gasteiger partial charge in [0.2, 0.25) is 0 Å². The van der Waals surface area contributed by atoms with Crippen molar-refractivity contribution >= 4 is 27.7 Å². The zero-order valence-corrected chi connectivity index (χ0v) is 12.1. The van der Waals surface area contributed by atoms with Crippen molar-refractivity contribution in [2.75, 3.05) is 5.32 Å². The second kappa shape index (κ2) is 4.81. The molecule has 0 atom stereocenters. The van der Waals surface area contributed by atoms with Crippen LogP contribution in [0.1, 0.15) is 34.9 Å². The minimum atomic E-state index is -0.112. The molecule has 4 nitrogen and oxygen atoms in total. The van der Waals surface area contributed by atoms with Gasteiger partial charge in [0.1, 0.15) is 11.5 Å². The number of pyridine rings is 1. The van der Waals surface area contributed by atoms with Crippen LogP contribution in [-0.2, 0) is 0 Å². The summed E-state index contributed by atoms with van der Waals surface area (Å²) < 4.78 is 2.97. The lowest BCUT2D eigenvalue weighted by molar-refractivity contribution is 0.101. The minimum Gasteiger partial charge on any atom is -0.339 e. The second-order valence-corrected chi connectivity index (χ2v) is 5.72. The van der Waals surface area contributed by atoms with Crippen molar-refractivity contribution < 1.29 is 4.79 Å². The predicted octanol–water partition coefficient (Wildman–Crippen LogP) is 3.54. The van der Waals surface area contributed by atoms with E-state index in [1.54, 1.807) is 6.20 Å². The van der Waals surface area contributed by atoms with Gasteiger partial charge in [-0.1, -0.05) is 6.07 Å². The second-order valence-electron chi connectivity index (χ2n) is 4.81. The maximum absolute atomic E-state index is 12.3. The zero-order valence-electron chi connectivity index (χ0n) is 10.6. The van der Waals surface area contributed by atoms with Crippen LogP contribution in [0.3, 0.4) is 0 Å². The number of hydrogen-bond donors (Lipinski definition) is 1. The first-order chi connectivity index (χ1) is 9.15. The SMILES string of the molecule is Cc1cccnc1NC(=O)c1cc(Br)cn1C1CC1. The monoisotopic (exact) mass is 319 g/mol. The molecule has 0 bridgehead atoms. The van der Waals surface area contributed by atoms with E-state index >= 15 is 0 Å². The third kappa shape index (κ3) is 2.56. The molecule has 2 aromatic rings. The van der Waals surface area contributed by atoms with E-state index in [4.69, 9.17) is 0 Å². The molecule has 0 radical (unpaired) electrons. The highest BCUT2D eigenvalue weighted by Crippen LogP contribution is 2.37. The molecule has 0 unspecified atom stereocenters. The lowest BCUT2D eigenvalue weighted by Crippen LogP contribution is -2.17. The number of aryl methyl sites for hydroxylation is 1. The molecule has 1 aliphatic rings. The molecule has 1 aliphatic carbocycles. The Morgan fingerprint density at radius 2 is 2.32 bits per heavy atom. The van der Waals surface area contributed by atoms with Gasteiger partial charge in [-0.15, -0.1) is 0 Å². The summed E-state index contributed by atoms with van der Waals surface area (Å²) in [6, 6.07) is 6.11. The molecule has 19 heavy (non-hydrogen) atoms. The lowest BCUT2D eigenvalue weighted by Gasteiger charge is -2.09. The molecule has 3 rings (SSSR count). The topological polar surface area (TPSA) is 46.9 Å². The standard InChI is InChI=1S/C14H14BrN3O/c1-9-3-2-6-16-13(9)17-14(19)12-7-10(15)8-18(12)11-4-5-11/h2-3,6-8,11H,4-5H2,1H3,(H,16,17,19). The maximum atomic E-state index is 12.3. The van der Waals surface area contributed by atoms with Crippen LogP contribution < -0.4 is 5.32 Å². The van der Waals surface area contributed by atoms with Crippen molar-refractivity contribution in [1.82, 2.24) is 9.55 Å². The normalized spacial score (nSPS) is 14.4. The van der Waals surface area contributed by atoms with Gasteiger partial charge in [0, 0.05) is 22.9 Å². The van der Waals surface area contributed by atoms with E-state index in [9.17, 15) is 4.79 Å². The van der Waals surface area contributed by atoms with Crippen molar-refractivity contribution in [2.45, 2.75) is 25.8 Å². The van der Waals surface area contributed by atoms with E-state index in [-0.39, 0.29) is 5.91 Å². The third-order valence-corrected chi connectivity index (χ3v) is 3.66. The molecule has 0 aliphatic heterocycles. The van der Waals surface area contributed by atoms with Gasteiger partial charge in [-0.25, -0.2) is 4.98 Å². The summed E-state index contributed by atoms with van der Waals surface area (Å²) in [6.07, 6.45) is 5.93. The van der Waals surface area contributed by atoms with Crippen LogP contribution in [0, 0.1) is 6.92 Å². The number of rotatable bonds is 3. The molecule has 98 valence electrons. The van der Waals surface area contributed by atoms with E-state index in [0.29, 0.717) is 17.6 Å². The number of halogens is 1. The van der Waals surface area contributed by atoms with Gasteiger partial charge >= 0.3 is 0 Å². The molecule has 1 N–H and O–H groups in total. The average molecular weight is 320 g/mol. The Morgan fingerprint density at radius 1 is 1.53 bits per heavy atom. The molecule has 5 heteroatoms. The van der Waals surface area contributed by atoms with E-state index < -0.39 is 0 Å². The van der Waals surface area contributed by atoms with Crippen LogP contribution in [0.15, 0.2) is 35.1 Å². The summed E-state index contributed by atoms with van der Waals surface area (Å²) in [6.45, 7) is 1.93. The molecule has 0 spiro atoms. The van der Waals surface area contributed by atoms with Gasteiger partial charge in [-0.05, 0) is 53.4 Å². The van der Waals surface area contributed by atoms with Crippen LogP contribution in [0.2, 0.25) is 0 Å². The summed E-state index contributed by atoms with van der Waals surface area (Å²) >= 11 is 3.43. The number of nitrogens with one attached hydrogen (secondary N) is 1. The molecular weight excluding hydrogens is 306 g/mol. The quantitative estimate of drug-likeness (QED) is 0.940. The molecule has 1 saturated carbocycles. The first-order valence-electron chi connectivity index (χ1n) is 6.25. The molecule has 1 fully saturated rings. The van der Waals surface area contributed by atoms with Gasteiger partial charge in [-0.3, -0.25) is 4.79 Å². The van der Waals surface area contributed by atoms with Crippen molar-refractivity contribution in [1.29, 1.82) is 0 Å². The lowest BCUT2D eigenvalue weighted by atomic mass is 10.3. The van der Waals surface area contributed by atoms with Crippen LogP contribution >= 0.6 is 15.9 Å². The Morgan fingerprint density at radius 3 is 3.00 bits per heavy atom. The number of carbonyl (C=O) groups excluding carboxylic acids is 1. The van der Waals surface area contributed by atoms with Gasteiger partial charge in [0.05, 0.1) is 0 Å². The number of anilines is 1. The predicted molar refractivity (Wildman–Crippen MR) is 77.3 cm³/mol. The fourth-order valence-electron chi connectivity index (χ4n) is 2.07. The molecule has 1 amide bonds. The third-order valence-electron chi connectivity index (χ3n) is 3.23. The average Bonchev–Trinajstić information content (AvgIpc) is 3.15.